The van der Waals surface area contributed by atoms with Crippen molar-refractivity contribution in [1.82, 2.24) is 4.98 Å². The molecule has 0 aliphatic rings. The van der Waals surface area contributed by atoms with Crippen molar-refractivity contribution in [2.45, 2.75) is 12.2 Å². The molecule has 1 aromatic heterocycles. The first-order valence-electron chi connectivity index (χ1n) is 4.70. The molecule has 0 saturated carbocycles. The van der Waals surface area contributed by atoms with Gasteiger partial charge >= 0.3 is 5.97 Å². The maximum Gasteiger partial charge on any atom is 0.337 e. The molecular formula is C10H13ClN2O2S. The quantitative estimate of drug-likeness (QED) is 0.852. The zero-order valence-corrected chi connectivity index (χ0v) is 10.6. The Labute approximate surface area is 103 Å². The van der Waals surface area contributed by atoms with Gasteiger partial charge in [0.15, 0.2) is 0 Å². The number of hydrogen-bond acceptors (Lipinski definition) is 4. The number of aromatic carboxylic acids is 1. The second-order valence-corrected chi connectivity index (χ2v) is 4.97. The lowest BCUT2D eigenvalue weighted by Gasteiger charge is -2.11. The summed E-state index contributed by atoms with van der Waals surface area (Å²) >= 11 is 7.64. The van der Waals surface area contributed by atoms with Crippen molar-refractivity contribution in [1.29, 1.82) is 0 Å². The second kappa shape index (κ2) is 5.96. The Morgan fingerprint density at radius 3 is 2.94 bits per heavy atom. The summed E-state index contributed by atoms with van der Waals surface area (Å²) in [6.45, 7) is 2.82. The highest BCUT2D eigenvalue weighted by molar-refractivity contribution is 7.99. The molecule has 4 nitrogen and oxygen atoms in total. The van der Waals surface area contributed by atoms with Crippen LogP contribution < -0.4 is 5.32 Å². The Balaban J connectivity index is 2.72. The Kier molecular flexibility index (Phi) is 4.89. The van der Waals surface area contributed by atoms with E-state index in [-0.39, 0.29) is 5.56 Å². The molecule has 0 spiro atoms. The van der Waals surface area contributed by atoms with Crippen LogP contribution in [-0.4, -0.2) is 34.1 Å². The van der Waals surface area contributed by atoms with Gasteiger partial charge in [-0.05, 0) is 12.3 Å². The lowest BCUT2D eigenvalue weighted by molar-refractivity contribution is 0.0696. The van der Waals surface area contributed by atoms with Crippen LogP contribution in [0.15, 0.2) is 12.3 Å². The summed E-state index contributed by atoms with van der Waals surface area (Å²) in [6.07, 6.45) is 3.31. The molecule has 0 saturated heterocycles. The summed E-state index contributed by atoms with van der Waals surface area (Å²) in [5.74, 6) is -0.508. The van der Waals surface area contributed by atoms with Crippen LogP contribution in [0.2, 0.25) is 5.02 Å². The van der Waals surface area contributed by atoms with Gasteiger partial charge < -0.3 is 10.4 Å². The van der Waals surface area contributed by atoms with Crippen molar-refractivity contribution in [3.8, 4) is 0 Å². The fourth-order valence-corrected chi connectivity index (χ4v) is 1.49. The fraction of sp³-hybridized carbons (Fsp3) is 0.400. The number of carboxylic acids is 1. The molecule has 1 heterocycles. The molecule has 1 unspecified atom stereocenters. The molecule has 0 aliphatic heterocycles. The molecule has 1 rings (SSSR count). The van der Waals surface area contributed by atoms with E-state index in [2.05, 4.69) is 17.2 Å². The average Bonchev–Trinajstić information content (AvgIpc) is 2.26. The van der Waals surface area contributed by atoms with Crippen molar-refractivity contribution >= 4 is 35.1 Å². The summed E-state index contributed by atoms with van der Waals surface area (Å²) in [7, 11) is 0. The molecule has 1 aromatic rings. The van der Waals surface area contributed by atoms with Gasteiger partial charge in [-0.2, -0.15) is 11.8 Å². The van der Waals surface area contributed by atoms with E-state index in [4.69, 9.17) is 16.7 Å². The van der Waals surface area contributed by atoms with Crippen molar-refractivity contribution in [3.63, 3.8) is 0 Å². The van der Waals surface area contributed by atoms with E-state index < -0.39 is 5.97 Å². The first kappa shape index (κ1) is 13.1. The minimum absolute atomic E-state index is 0.0912. The number of hydrogen-bond donors (Lipinski definition) is 2. The van der Waals surface area contributed by atoms with Crippen molar-refractivity contribution < 1.29 is 9.90 Å². The molecule has 0 fully saturated rings. The Bertz CT molecular complexity index is 387. The number of carbonyl (C=O) groups is 1. The Morgan fingerprint density at radius 1 is 1.75 bits per heavy atom. The number of nitrogens with one attached hydrogen (secondary N) is 1. The van der Waals surface area contributed by atoms with E-state index in [1.807, 2.05) is 6.26 Å². The minimum Gasteiger partial charge on any atom is -0.478 e. The average molecular weight is 261 g/mol. The zero-order chi connectivity index (χ0) is 12.1. The molecule has 0 bridgehead atoms. The summed E-state index contributed by atoms with van der Waals surface area (Å²) in [5.41, 5.74) is 0.0912. The predicted molar refractivity (Wildman–Crippen MR) is 67.7 cm³/mol. The van der Waals surface area contributed by atoms with E-state index in [0.717, 1.165) is 6.54 Å². The third-order valence-electron chi connectivity index (χ3n) is 2.05. The van der Waals surface area contributed by atoms with Crippen molar-refractivity contribution in [2.75, 3.05) is 18.1 Å². The van der Waals surface area contributed by atoms with E-state index in [1.54, 1.807) is 11.8 Å². The Hall–Kier alpha value is -0.940. The summed E-state index contributed by atoms with van der Waals surface area (Å²) in [5, 5.41) is 12.6. The van der Waals surface area contributed by atoms with Gasteiger partial charge in [-0.1, -0.05) is 18.5 Å². The molecule has 6 heteroatoms. The highest BCUT2D eigenvalue weighted by Gasteiger charge is 2.08. The maximum atomic E-state index is 10.7. The molecular weight excluding hydrogens is 248 g/mol. The van der Waals surface area contributed by atoms with Crippen molar-refractivity contribution in [3.05, 3.63) is 22.8 Å². The number of nitrogens with zero attached hydrogens (tertiary/aromatic N) is 1. The number of pyridine rings is 1. The maximum absolute atomic E-state index is 10.7. The van der Waals surface area contributed by atoms with Gasteiger partial charge in [0.05, 0.1) is 10.6 Å². The third kappa shape index (κ3) is 3.57. The fourth-order valence-electron chi connectivity index (χ4n) is 1.01. The van der Waals surface area contributed by atoms with E-state index >= 15 is 0 Å². The predicted octanol–water partition coefficient (Wildman–Crippen LogP) is 2.60. The summed E-state index contributed by atoms with van der Waals surface area (Å²) < 4.78 is 0. The van der Waals surface area contributed by atoms with Gasteiger partial charge in [0, 0.05) is 18.0 Å². The third-order valence-corrected chi connectivity index (χ3v) is 3.31. The molecule has 16 heavy (non-hydrogen) atoms. The molecule has 88 valence electrons. The highest BCUT2D eigenvalue weighted by atomic mass is 35.5. The minimum atomic E-state index is -1.03. The highest BCUT2D eigenvalue weighted by Crippen LogP contribution is 2.20. The number of anilines is 1. The van der Waals surface area contributed by atoms with E-state index in [9.17, 15) is 4.79 Å². The molecule has 2 N–H and O–H groups in total. The van der Waals surface area contributed by atoms with Crippen molar-refractivity contribution in [2.24, 2.45) is 0 Å². The normalized spacial score (nSPS) is 12.2. The number of thioether (sulfide) groups is 1. The van der Waals surface area contributed by atoms with Crippen LogP contribution in [0.1, 0.15) is 17.3 Å². The molecule has 1 atom stereocenters. The number of carboxylic acid groups (broad SMARTS) is 1. The lowest BCUT2D eigenvalue weighted by Crippen LogP contribution is -2.14. The zero-order valence-electron chi connectivity index (χ0n) is 9.03. The van der Waals surface area contributed by atoms with Crippen LogP contribution in [-0.2, 0) is 0 Å². The number of aromatic nitrogens is 1. The van der Waals surface area contributed by atoms with Crippen LogP contribution in [0.5, 0.6) is 0 Å². The van der Waals surface area contributed by atoms with Gasteiger partial charge in [0.1, 0.15) is 5.82 Å². The van der Waals surface area contributed by atoms with Gasteiger partial charge in [0.2, 0.25) is 0 Å². The van der Waals surface area contributed by atoms with Crippen LogP contribution in [0.4, 0.5) is 5.82 Å². The first-order chi connectivity index (χ1) is 7.54. The summed E-state index contributed by atoms with van der Waals surface area (Å²) in [6, 6.07) is 1.39. The van der Waals surface area contributed by atoms with Gasteiger partial charge in [-0.3, -0.25) is 0 Å². The standard InChI is InChI=1S/C10H13ClN2O2S/c1-6(16-2)4-12-9-8(11)3-7(5-13-9)10(14)15/h3,5-6H,4H2,1-2H3,(H,12,13)(H,14,15). The van der Waals surface area contributed by atoms with Gasteiger partial charge in [0.25, 0.3) is 0 Å². The van der Waals surface area contributed by atoms with Gasteiger partial charge in [-0.15, -0.1) is 0 Å². The SMILES string of the molecule is CSC(C)CNc1ncc(C(=O)O)cc1Cl. The van der Waals surface area contributed by atoms with Crippen LogP contribution in [0, 0.1) is 0 Å². The molecule has 0 aromatic carbocycles. The van der Waals surface area contributed by atoms with E-state index in [0.29, 0.717) is 16.1 Å². The first-order valence-corrected chi connectivity index (χ1v) is 6.36. The molecule has 0 aliphatic carbocycles. The lowest BCUT2D eigenvalue weighted by atomic mass is 10.3. The van der Waals surface area contributed by atoms with Crippen LogP contribution >= 0.6 is 23.4 Å². The second-order valence-electron chi connectivity index (χ2n) is 3.29. The smallest absolute Gasteiger partial charge is 0.337 e. The van der Waals surface area contributed by atoms with Gasteiger partial charge in [-0.25, -0.2) is 9.78 Å². The summed E-state index contributed by atoms with van der Waals surface area (Å²) in [4.78, 5) is 14.6. The topological polar surface area (TPSA) is 62.2 Å². The largest absolute Gasteiger partial charge is 0.478 e. The Morgan fingerprint density at radius 2 is 2.44 bits per heavy atom. The van der Waals surface area contributed by atoms with Crippen LogP contribution in [0.3, 0.4) is 0 Å². The van der Waals surface area contributed by atoms with E-state index in [1.165, 1.54) is 12.3 Å². The number of halogens is 1. The molecule has 0 radical (unpaired) electrons. The van der Waals surface area contributed by atoms with Crippen LogP contribution in [0.25, 0.3) is 0 Å². The monoisotopic (exact) mass is 260 g/mol. The molecule has 0 amide bonds. The number of rotatable bonds is 5.